The van der Waals surface area contributed by atoms with Crippen molar-refractivity contribution in [1.82, 2.24) is 19.9 Å². The first kappa shape index (κ1) is 21.1. The Morgan fingerprint density at radius 2 is 2.19 bits per heavy atom. The van der Waals surface area contributed by atoms with Crippen LogP contribution < -0.4 is 5.32 Å². The Labute approximate surface area is 191 Å². The van der Waals surface area contributed by atoms with Gasteiger partial charge in [0.25, 0.3) is 5.91 Å². The van der Waals surface area contributed by atoms with Crippen molar-refractivity contribution in [2.75, 3.05) is 6.61 Å². The van der Waals surface area contributed by atoms with Crippen LogP contribution in [0.25, 0.3) is 16.9 Å². The Bertz CT molecular complexity index is 1180. The number of nitrogens with one attached hydrogen (secondary N) is 1. The van der Waals surface area contributed by atoms with Gasteiger partial charge in [-0.1, -0.05) is 17.7 Å². The van der Waals surface area contributed by atoms with E-state index in [9.17, 15) is 4.79 Å². The molecule has 32 heavy (non-hydrogen) atoms. The molecular weight excluding hydrogens is 426 g/mol. The van der Waals surface area contributed by atoms with Crippen LogP contribution in [0, 0.1) is 6.92 Å². The lowest BCUT2D eigenvalue weighted by molar-refractivity contribution is 0.0217. The number of aromatic nitrogens is 3. The first-order chi connectivity index (χ1) is 15.6. The summed E-state index contributed by atoms with van der Waals surface area (Å²) in [5, 5.41) is 7.83. The summed E-state index contributed by atoms with van der Waals surface area (Å²) in [7, 11) is 0. The predicted octanol–water partition coefficient (Wildman–Crippen LogP) is 4.91. The fourth-order valence-corrected chi connectivity index (χ4v) is 4.22. The summed E-state index contributed by atoms with van der Waals surface area (Å²) in [6.07, 6.45) is 10.2. The molecule has 3 aromatic rings. The molecule has 1 amide bonds. The highest BCUT2D eigenvalue weighted by Gasteiger charge is 2.24. The molecule has 1 aliphatic carbocycles. The van der Waals surface area contributed by atoms with Crippen LogP contribution in [0.1, 0.15) is 54.4 Å². The Hall–Kier alpha value is -2.77. The van der Waals surface area contributed by atoms with E-state index in [2.05, 4.69) is 20.4 Å². The number of imidazole rings is 1. The number of rotatable bonds is 6. The van der Waals surface area contributed by atoms with E-state index < -0.39 is 0 Å². The minimum atomic E-state index is -0.0190. The van der Waals surface area contributed by atoms with E-state index in [1.807, 2.05) is 31.3 Å². The topological polar surface area (TPSA) is 80.9 Å². The third-order valence-electron chi connectivity index (χ3n) is 5.97. The van der Waals surface area contributed by atoms with Gasteiger partial charge in [0.1, 0.15) is 5.69 Å². The van der Waals surface area contributed by atoms with Crippen molar-refractivity contribution in [2.24, 2.45) is 4.99 Å². The highest BCUT2D eigenvalue weighted by Crippen LogP contribution is 2.29. The standard InChI is InChI=1S/C24H26ClN5O2/c1-15-12-16(5-8-19(15)24(31)28-17-6-7-17)21-14-27-23-20(13-22(25)29-30(21)23)26-10-9-18-4-2-3-11-32-18/h5,8,10,12-14,17-18H,2-4,6-7,9,11H2,1H3,(H,28,31). The number of aryl methyl sites for hydroxylation is 1. The van der Waals surface area contributed by atoms with E-state index in [0.717, 1.165) is 55.5 Å². The number of fused-ring (bicyclic) bond motifs is 1. The van der Waals surface area contributed by atoms with Crippen molar-refractivity contribution < 1.29 is 9.53 Å². The van der Waals surface area contributed by atoms with Gasteiger partial charge in [0, 0.05) is 42.5 Å². The van der Waals surface area contributed by atoms with E-state index in [0.29, 0.717) is 28.1 Å². The predicted molar refractivity (Wildman–Crippen MR) is 125 cm³/mol. The first-order valence-corrected chi connectivity index (χ1v) is 11.6. The normalized spacial score (nSPS) is 19.0. The molecule has 2 aliphatic rings. The molecule has 2 aromatic heterocycles. The summed E-state index contributed by atoms with van der Waals surface area (Å²) in [6, 6.07) is 7.81. The van der Waals surface area contributed by atoms with Gasteiger partial charge >= 0.3 is 0 Å². The van der Waals surface area contributed by atoms with Crippen LogP contribution in [0.4, 0.5) is 5.69 Å². The molecule has 1 atom stereocenters. The fraction of sp³-hybridized carbons (Fsp3) is 0.417. The average molecular weight is 452 g/mol. The molecule has 8 heteroatoms. The summed E-state index contributed by atoms with van der Waals surface area (Å²) in [5.41, 5.74) is 4.62. The minimum Gasteiger partial charge on any atom is -0.378 e. The second-order valence-corrected chi connectivity index (χ2v) is 8.93. The van der Waals surface area contributed by atoms with Crippen LogP contribution >= 0.6 is 11.6 Å². The molecule has 2 fully saturated rings. The van der Waals surface area contributed by atoms with Crippen LogP contribution in [0.3, 0.4) is 0 Å². The van der Waals surface area contributed by atoms with Gasteiger partial charge in [-0.05, 0) is 56.7 Å². The van der Waals surface area contributed by atoms with E-state index in [-0.39, 0.29) is 12.0 Å². The van der Waals surface area contributed by atoms with Gasteiger partial charge in [-0.15, -0.1) is 0 Å². The molecule has 0 radical (unpaired) electrons. The number of aliphatic imine (C=N–C) groups is 1. The van der Waals surface area contributed by atoms with Crippen molar-refractivity contribution in [1.29, 1.82) is 0 Å². The minimum absolute atomic E-state index is 0.0190. The molecule has 1 aliphatic heterocycles. The first-order valence-electron chi connectivity index (χ1n) is 11.2. The molecule has 166 valence electrons. The molecule has 1 aromatic carbocycles. The Balaban J connectivity index is 1.41. The molecular formula is C24H26ClN5O2. The lowest BCUT2D eigenvalue weighted by Crippen LogP contribution is -2.26. The van der Waals surface area contributed by atoms with Gasteiger partial charge in [0.15, 0.2) is 10.8 Å². The van der Waals surface area contributed by atoms with E-state index in [4.69, 9.17) is 16.3 Å². The SMILES string of the molecule is Cc1cc(-c2cnc3c(N=CCC4CCCCO4)cc(Cl)nn23)ccc1C(=O)NC1CC1. The number of nitrogens with zero attached hydrogens (tertiary/aromatic N) is 4. The Morgan fingerprint density at radius 3 is 2.94 bits per heavy atom. The van der Waals surface area contributed by atoms with Crippen LogP contribution in [0.15, 0.2) is 35.5 Å². The number of benzene rings is 1. The highest BCUT2D eigenvalue weighted by atomic mass is 35.5. The number of hydrogen-bond donors (Lipinski definition) is 1. The molecule has 3 heterocycles. The Morgan fingerprint density at radius 1 is 1.31 bits per heavy atom. The monoisotopic (exact) mass is 451 g/mol. The van der Waals surface area contributed by atoms with Crippen molar-refractivity contribution >= 4 is 35.1 Å². The van der Waals surface area contributed by atoms with Gasteiger partial charge in [-0.2, -0.15) is 5.10 Å². The molecule has 1 N–H and O–H groups in total. The summed E-state index contributed by atoms with van der Waals surface area (Å²) in [4.78, 5) is 21.6. The van der Waals surface area contributed by atoms with Gasteiger partial charge in [-0.25, -0.2) is 9.50 Å². The Kier molecular flexibility index (Phi) is 5.93. The van der Waals surface area contributed by atoms with Gasteiger partial charge in [0.2, 0.25) is 0 Å². The maximum atomic E-state index is 12.4. The molecule has 1 saturated heterocycles. The fourth-order valence-electron chi connectivity index (χ4n) is 4.05. The van der Waals surface area contributed by atoms with E-state index >= 15 is 0 Å². The molecule has 5 rings (SSSR count). The number of amides is 1. The maximum absolute atomic E-state index is 12.4. The zero-order chi connectivity index (χ0) is 22.1. The number of halogens is 1. The van der Waals surface area contributed by atoms with Crippen molar-refractivity contribution in [3.63, 3.8) is 0 Å². The van der Waals surface area contributed by atoms with Gasteiger partial charge in [0.05, 0.1) is 18.0 Å². The average Bonchev–Trinajstić information content (AvgIpc) is 3.50. The zero-order valence-electron chi connectivity index (χ0n) is 18.1. The second kappa shape index (κ2) is 9.00. The van der Waals surface area contributed by atoms with Crippen molar-refractivity contribution in [3.8, 4) is 11.3 Å². The van der Waals surface area contributed by atoms with E-state index in [1.54, 1.807) is 16.8 Å². The number of carbonyl (C=O) groups is 1. The van der Waals surface area contributed by atoms with Crippen LogP contribution in [-0.2, 0) is 4.74 Å². The van der Waals surface area contributed by atoms with Gasteiger partial charge < -0.3 is 10.1 Å². The molecule has 0 spiro atoms. The number of carbonyl (C=O) groups excluding carboxylic acids is 1. The lowest BCUT2D eigenvalue weighted by Gasteiger charge is -2.20. The van der Waals surface area contributed by atoms with E-state index in [1.165, 1.54) is 6.42 Å². The third-order valence-corrected chi connectivity index (χ3v) is 6.16. The van der Waals surface area contributed by atoms with Crippen LogP contribution in [0.5, 0.6) is 0 Å². The molecule has 1 unspecified atom stereocenters. The maximum Gasteiger partial charge on any atom is 0.251 e. The summed E-state index contributed by atoms with van der Waals surface area (Å²) < 4.78 is 7.49. The molecule has 1 saturated carbocycles. The second-order valence-electron chi connectivity index (χ2n) is 8.54. The summed E-state index contributed by atoms with van der Waals surface area (Å²) >= 11 is 6.31. The molecule has 0 bridgehead atoms. The van der Waals surface area contributed by atoms with Crippen molar-refractivity contribution in [2.45, 2.75) is 57.6 Å². The highest BCUT2D eigenvalue weighted by molar-refractivity contribution is 6.29. The largest absolute Gasteiger partial charge is 0.378 e. The smallest absolute Gasteiger partial charge is 0.251 e. The van der Waals surface area contributed by atoms with Crippen LogP contribution in [-0.4, -0.2) is 45.5 Å². The lowest BCUT2D eigenvalue weighted by atomic mass is 10.0. The zero-order valence-corrected chi connectivity index (χ0v) is 18.8. The van der Waals surface area contributed by atoms with Crippen LogP contribution in [0.2, 0.25) is 5.15 Å². The van der Waals surface area contributed by atoms with Crippen molar-refractivity contribution in [3.05, 3.63) is 46.7 Å². The summed E-state index contributed by atoms with van der Waals surface area (Å²) in [6.45, 7) is 2.77. The molecule has 7 nitrogen and oxygen atoms in total. The number of hydrogen-bond acceptors (Lipinski definition) is 5. The summed E-state index contributed by atoms with van der Waals surface area (Å²) in [5.74, 6) is -0.0190. The quantitative estimate of drug-likeness (QED) is 0.540. The van der Waals surface area contributed by atoms with Gasteiger partial charge in [-0.3, -0.25) is 9.79 Å². The number of ether oxygens (including phenoxy) is 1. The third kappa shape index (κ3) is 4.54.